The normalized spacial score (nSPS) is 8.53. The molecule has 4 N–H and O–H groups in total. The Morgan fingerprint density at radius 2 is 0.719 bits per heavy atom. The molecule has 0 aromatic heterocycles. The summed E-state index contributed by atoms with van der Waals surface area (Å²) in [6.07, 6.45) is 29.5. The van der Waals surface area contributed by atoms with E-state index in [0.29, 0.717) is 26.4 Å². The van der Waals surface area contributed by atoms with Gasteiger partial charge in [0.2, 0.25) is 0 Å². The van der Waals surface area contributed by atoms with Crippen molar-refractivity contribution >= 4 is 23.9 Å². The van der Waals surface area contributed by atoms with E-state index in [4.69, 9.17) is 19.7 Å². The van der Waals surface area contributed by atoms with Crippen LogP contribution in [0.1, 0.15) is 141 Å². The second-order valence-electron chi connectivity index (χ2n) is 9.83. The van der Waals surface area contributed by atoms with Gasteiger partial charge in [0.25, 0.3) is 0 Å². The molecule has 0 fully saturated rings. The average Bonchev–Trinajstić information content (AvgIpc) is 3.18. The first-order valence-corrected chi connectivity index (χ1v) is 19.4. The Kier molecular flexibility index (Phi) is 148. The van der Waals surface area contributed by atoms with Crippen molar-refractivity contribution in [2.24, 2.45) is 0 Å². The monoisotopic (exact) mass is 815 g/mol. The number of aliphatic hydroxyl groups excluding tert-OH is 1. The zero-order valence-electron chi connectivity index (χ0n) is 38.8. The van der Waals surface area contributed by atoms with Crippen molar-refractivity contribution in [3.8, 4) is 0 Å². The number of carbonyl (C=O) groups excluding carboxylic acids is 3. The van der Waals surface area contributed by atoms with Gasteiger partial charge in [-0.25, -0.2) is 19.2 Å². The van der Waals surface area contributed by atoms with Gasteiger partial charge in [-0.15, -0.1) is 26.3 Å². The lowest BCUT2D eigenvalue weighted by Gasteiger charge is -1.97. The van der Waals surface area contributed by atoms with Crippen LogP contribution >= 0.6 is 0 Å². The molecule has 0 saturated carbocycles. The summed E-state index contributed by atoms with van der Waals surface area (Å²) in [4.78, 5) is 41.1. The zero-order chi connectivity index (χ0) is 46.1. The molecular formula is C47H90O10. The van der Waals surface area contributed by atoms with Crippen molar-refractivity contribution in [2.75, 3.05) is 26.4 Å². The van der Waals surface area contributed by atoms with Crippen molar-refractivity contribution in [2.45, 2.75) is 141 Å². The Hall–Kier alpha value is -4.54. The first-order valence-electron chi connectivity index (χ1n) is 19.4. The molecule has 0 saturated heterocycles. The number of hydrogen-bond acceptors (Lipinski definition) is 8. The lowest BCUT2D eigenvalue weighted by molar-refractivity contribution is -0.138. The Labute approximate surface area is 351 Å². The van der Waals surface area contributed by atoms with Crippen LogP contribution in [0.5, 0.6) is 0 Å². The highest BCUT2D eigenvalue weighted by molar-refractivity contribution is 5.82. The SMILES string of the molecule is C/C=C/C(=O)O.C/C=C/C(=O)OCCCC.C/C=C/C(=O)OCCCC.C/C=C\C.C/C=C\C.C=C.C=CC.C=CC.C=CC(=O)OCCCC.CCCCO.O. The Bertz CT molecular complexity index is 859. The van der Waals surface area contributed by atoms with Gasteiger partial charge in [0.1, 0.15) is 0 Å². The first kappa shape index (κ1) is 80.8. The summed E-state index contributed by atoms with van der Waals surface area (Å²) in [5, 5.41) is 15.9. The van der Waals surface area contributed by atoms with Crippen LogP contribution in [0.15, 0.2) is 112 Å². The van der Waals surface area contributed by atoms with Crippen molar-refractivity contribution in [1.82, 2.24) is 0 Å². The van der Waals surface area contributed by atoms with Gasteiger partial charge in [0.15, 0.2) is 0 Å². The van der Waals surface area contributed by atoms with Crippen LogP contribution in [0.25, 0.3) is 0 Å². The number of aliphatic hydroxyl groups is 1. The summed E-state index contributed by atoms with van der Waals surface area (Å²) in [5.41, 5.74) is 0. The topological polar surface area (TPSA) is 168 Å². The standard InChI is InChI=1S/2C8H14O2.C7H12O2.C4H6O2.C4H10O.2C4H8.2C3H6.C2H4.H2O/c2*1-3-5-7-10-8(9)6-4-2;1-3-5-6-9-7(8)4-2;1-2-3-4(5)6;1-2-3-4-5;2*1-3-4-2;2*1-3-2;1-2;/h2*4,6H,3,5,7H2,1-2H3;4H,2-3,5-6H2,1H3;2-3H,1H3,(H,5,6);5H,2-4H2,1H3;2*3-4H,1-2H3;2*3H,1H2,2H3;1-2H2;1H2/b2*6-4+;;3-2+;;2*4-3-;;;;. The Morgan fingerprint density at radius 3 is 0.842 bits per heavy atom. The third-order valence-corrected chi connectivity index (χ3v) is 4.49. The molecule has 0 rings (SSSR count). The maximum atomic E-state index is 10.6. The number of rotatable bonds is 15. The van der Waals surface area contributed by atoms with Crippen molar-refractivity contribution in [3.63, 3.8) is 0 Å². The van der Waals surface area contributed by atoms with Crippen LogP contribution < -0.4 is 0 Å². The summed E-state index contributed by atoms with van der Waals surface area (Å²) < 4.78 is 14.3. The second kappa shape index (κ2) is 104. The Morgan fingerprint density at radius 1 is 0.474 bits per heavy atom. The lowest BCUT2D eigenvalue weighted by atomic mass is 10.4. The number of unbranched alkanes of at least 4 members (excludes halogenated alkanes) is 4. The third-order valence-electron chi connectivity index (χ3n) is 4.49. The smallest absolute Gasteiger partial charge is 0.330 e. The van der Waals surface area contributed by atoms with Crippen molar-refractivity contribution < 1.29 is 49.1 Å². The minimum Gasteiger partial charge on any atom is -0.478 e. The summed E-state index contributed by atoms with van der Waals surface area (Å²) >= 11 is 0. The number of aliphatic carboxylic acids is 1. The number of esters is 3. The molecule has 0 bridgehead atoms. The van der Waals surface area contributed by atoms with Crippen molar-refractivity contribution in [1.29, 1.82) is 0 Å². The molecule has 57 heavy (non-hydrogen) atoms. The van der Waals surface area contributed by atoms with Crippen molar-refractivity contribution in [3.05, 3.63) is 112 Å². The molecule has 0 amide bonds. The molecule has 0 aliphatic heterocycles. The second-order valence-corrected chi connectivity index (χ2v) is 9.83. The molecule has 338 valence electrons. The van der Waals surface area contributed by atoms with Crippen LogP contribution in [0.4, 0.5) is 0 Å². The Balaban J connectivity index is -0.0000000475. The molecule has 0 radical (unpaired) electrons. The fourth-order valence-electron chi connectivity index (χ4n) is 1.68. The van der Waals surface area contributed by atoms with E-state index < -0.39 is 5.97 Å². The molecule has 10 heteroatoms. The molecule has 10 nitrogen and oxygen atoms in total. The molecular weight excluding hydrogens is 725 g/mol. The van der Waals surface area contributed by atoms with Gasteiger partial charge in [-0.3, -0.25) is 0 Å². The van der Waals surface area contributed by atoms with Gasteiger partial charge < -0.3 is 29.9 Å². The number of allylic oxidation sites excluding steroid dienone is 9. The molecule has 0 heterocycles. The van der Waals surface area contributed by atoms with E-state index in [1.807, 2.05) is 72.8 Å². The van der Waals surface area contributed by atoms with Gasteiger partial charge in [-0.1, -0.05) is 115 Å². The fourth-order valence-corrected chi connectivity index (χ4v) is 1.68. The molecule has 0 spiro atoms. The summed E-state index contributed by atoms with van der Waals surface area (Å²) in [5.74, 6) is -1.70. The van der Waals surface area contributed by atoms with E-state index in [9.17, 15) is 19.2 Å². The van der Waals surface area contributed by atoms with E-state index in [1.165, 1.54) is 24.3 Å². The fraction of sp³-hybridized carbons (Fsp3) is 0.532. The summed E-state index contributed by atoms with van der Waals surface area (Å²) in [6, 6.07) is 0. The van der Waals surface area contributed by atoms with Crippen LogP contribution in [0, 0.1) is 0 Å². The zero-order valence-corrected chi connectivity index (χ0v) is 38.8. The highest BCUT2D eigenvalue weighted by atomic mass is 16.5. The number of carboxylic acid groups (broad SMARTS) is 1. The van der Waals surface area contributed by atoms with E-state index in [0.717, 1.165) is 57.4 Å². The summed E-state index contributed by atoms with van der Waals surface area (Å²) in [6.45, 7) is 43.2. The van der Waals surface area contributed by atoms with E-state index in [2.05, 4.69) is 58.4 Å². The minimum atomic E-state index is -0.891. The van der Waals surface area contributed by atoms with Gasteiger partial charge in [0, 0.05) is 30.9 Å². The number of hydrogen-bond donors (Lipinski definition) is 2. The lowest BCUT2D eigenvalue weighted by Crippen LogP contribution is -2.01. The van der Waals surface area contributed by atoms with Crippen LogP contribution in [0.3, 0.4) is 0 Å². The van der Waals surface area contributed by atoms with E-state index in [1.54, 1.807) is 45.1 Å². The first-order chi connectivity index (χ1) is 26.8. The molecule has 0 aliphatic carbocycles. The quantitative estimate of drug-likeness (QED) is 0.0537. The maximum absolute atomic E-state index is 10.6. The highest BCUT2D eigenvalue weighted by Crippen LogP contribution is 1.90. The highest BCUT2D eigenvalue weighted by Gasteiger charge is 1.93. The molecule has 0 aromatic carbocycles. The van der Waals surface area contributed by atoms with Gasteiger partial charge in [-0.2, -0.15) is 0 Å². The predicted octanol–water partition coefficient (Wildman–Crippen LogP) is 12.3. The molecule has 0 aromatic rings. The average molecular weight is 815 g/mol. The van der Waals surface area contributed by atoms with E-state index >= 15 is 0 Å². The van der Waals surface area contributed by atoms with Gasteiger partial charge >= 0.3 is 23.9 Å². The summed E-state index contributed by atoms with van der Waals surface area (Å²) in [7, 11) is 0. The van der Waals surface area contributed by atoms with Crippen LogP contribution in [0.2, 0.25) is 0 Å². The number of ether oxygens (including phenoxy) is 3. The largest absolute Gasteiger partial charge is 0.478 e. The minimum absolute atomic E-state index is 0. The molecule has 0 atom stereocenters. The van der Waals surface area contributed by atoms with Gasteiger partial charge in [-0.05, 0) is 88.0 Å². The van der Waals surface area contributed by atoms with Crippen LogP contribution in [-0.2, 0) is 33.4 Å². The van der Waals surface area contributed by atoms with Gasteiger partial charge in [0.05, 0.1) is 19.8 Å². The number of carbonyl (C=O) groups is 4. The number of carboxylic acids is 1. The third kappa shape index (κ3) is 194. The van der Waals surface area contributed by atoms with E-state index in [-0.39, 0.29) is 23.4 Å². The maximum Gasteiger partial charge on any atom is 0.330 e. The predicted molar refractivity (Wildman–Crippen MR) is 249 cm³/mol. The molecule has 0 aliphatic rings. The molecule has 0 unspecified atom stereocenters. The van der Waals surface area contributed by atoms with Crippen LogP contribution in [-0.4, -0.2) is 66.0 Å².